The fourth-order valence-electron chi connectivity index (χ4n) is 3.87. The number of hydrogen-bond donors (Lipinski definition) is 0. The molecular weight excluding hydrogens is 297 g/mol. The summed E-state index contributed by atoms with van der Waals surface area (Å²) in [7, 11) is 4.39. The molecule has 1 saturated carbocycles. The molecule has 3 rings (SSSR count). The first-order chi connectivity index (χ1) is 11.6. The number of nitrogens with zero attached hydrogens (tertiary/aromatic N) is 1. The van der Waals surface area contributed by atoms with Crippen molar-refractivity contribution < 1.29 is 4.39 Å². The second kappa shape index (κ2) is 7.31. The van der Waals surface area contributed by atoms with Crippen LogP contribution in [0.3, 0.4) is 0 Å². The third-order valence-corrected chi connectivity index (χ3v) is 5.46. The number of rotatable bonds is 4. The number of benzene rings is 2. The quantitative estimate of drug-likeness (QED) is 0.719. The van der Waals surface area contributed by atoms with Crippen molar-refractivity contribution in [3.8, 4) is 0 Å². The Morgan fingerprint density at radius 1 is 0.958 bits per heavy atom. The summed E-state index contributed by atoms with van der Waals surface area (Å²) in [5, 5.41) is 0. The topological polar surface area (TPSA) is 3.24 Å². The van der Waals surface area contributed by atoms with Gasteiger partial charge in [0.2, 0.25) is 0 Å². The van der Waals surface area contributed by atoms with Crippen LogP contribution in [0, 0.1) is 11.7 Å². The molecular formula is C22H26FN. The minimum atomic E-state index is -0.177. The Bertz CT molecular complexity index is 665. The van der Waals surface area contributed by atoms with Gasteiger partial charge in [0.15, 0.2) is 0 Å². The summed E-state index contributed by atoms with van der Waals surface area (Å²) in [6.45, 7) is 0. The lowest BCUT2D eigenvalue weighted by atomic mass is 9.72. The monoisotopic (exact) mass is 323 g/mol. The molecule has 0 N–H and O–H groups in total. The van der Waals surface area contributed by atoms with Gasteiger partial charge in [0.05, 0.1) is 0 Å². The molecule has 2 aromatic rings. The summed E-state index contributed by atoms with van der Waals surface area (Å²) in [4.78, 5) is 2.39. The molecule has 1 aliphatic carbocycles. The van der Waals surface area contributed by atoms with Crippen LogP contribution in [0.5, 0.6) is 0 Å². The fourth-order valence-corrected chi connectivity index (χ4v) is 3.87. The molecule has 1 fully saturated rings. The predicted octanol–water partition coefficient (Wildman–Crippen LogP) is 5.49. The lowest BCUT2D eigenvalue weighted by Crippen LogP contribution is -2.44. The highest BCUT2D eigenvalue weighted by Gasteiger charge is 2.37. The van der Waals surface area contributed by atoms with Crippen molar-refractivity contribution in [2.45, 2.75) is 31.2 Å². The van der Waals surface area contributed by atoms with Crippen LogP contribution in [-0.4, -0.2) is 19.0 Å². The Morgan fingerprint density at radius 2 is 1.58 bits per heavy atom. The number of halogens is 1. The Hall–Kier alpha value is -1.93. The Balaban J connectivity index is 1.68. The van der Waals surface area contributed by atoms with Crippen molar-refractivity contribution in [2.24, 2.45) is 5.92 Å². The van der Waals surface area contributed by atoms with Gasteiger partial charge in [-0.25, -0.2) is 4.39 Å². The summed E-state index contributed by atoms with van der Waals surface area (Å²) in [5.41, 5.74) is 2.65. The first-order valence-corrected chi connectivity index (χ1v) is 8.77. The van der Waals surface area contributed by atoms with Gasteiger partial charge in [0.25, 0.3) is 0 Å². The van der Waals surface area contributed by atoms with E-state index in [9.17, 15) is 4.39 Å². The van der Waals surface area contributed by atoms with E-state index in [1.54, 1.807) is 0 Å². The molecule has 0 amide bonds. The van der Waals surface area contributed by atoms with Crippen LogP contribution in [0.4, 0.5) is 4.39 Å². The van der Waals surface area contributed by atoms with Gasteiger partial charge in [-0.05, 0) is 69.0 Å². The third kappa shape index (κ3) is 3.59. The van der Waals surface area contributed by atoms with Crippen molar-refractivity contribution in [2.75, 3.05) is 14.1 Å². The molecule has 0 bridgehead atoms. The zero-order valence-electron chi connectivity index (χ0n) is 14.6. The first-order valence-electron chi connectivity index (χ1n) is 8.77. The summed E-state index contributed by atoms with van der Waals surface area (Å²) >= 11 is 0. The molecule has 24 heavy (non-hydrogen) atoms. The van der Waals surface area contributed by atoms with E-state index in [-0.39, 0.29) is 11.4 Å². The molecule has 0 aliphatic heterocycles. The van der Waals surface area contributed by atoms with E-state index in [1.807, 2.05) is 12.1 Å². The van der Waals surface area contributed by atoms with Gasteiger partial charge in [-0.15, -0.1) is 0 Å². The van der Waals surface area contributed by atoms with Crippen molar-refractivity contribution in [3.63, 3.8) is 0 Å². The van der Waals surface area contributed by atoms with E-state index < -0.39 is 0 Å². The van der Waals surface area contributed by atoms with Crippen molar-refractivity contribution in [1.82, 2.24) is 4.90 Å². The van der Waals surface area contributed by atoms with Crippen LogP contribution in [0.1, 0.15) is 36.8 Å². The highest BCUT2D eigenvalue weighted by Crippen LogP contribution is 2.43. The maximum absolute atomic E-state index is 13.0. The highest BCUT2D eigenvalue weighted by atomic mass is 19.1. The second-order valence-electron chi connectivity index (χ2n) is 7.04. The first kappa shape index (κ1) is 16.9. The van der Waals surface area contributed by atoms with Crippen LogP contribution >= 0.6 is 0 Å². The maximum atomic E-state index is 13.0. The average molecular weight is 323 g/mol. The molecule has 1 aliphatic rings. The average Bonchev–Trinajstić information content (AvgIpc) is 2.62. The van der Waals surface area contributed by atoms with Crippen LogP contribution in [0.15, 0.2) is 60.7 Å². The van der Waals surface area contributed by atoms with E-state index >= 15 is 0 Å². The maximum Gasteiger partial charge on any atom is 0.123 e. The van der Waals surface area contributed by atoms with E-state index in [2.05, 4.69) is 61.5 Å². The minimum Gasteiger partial charge on any atom is -0.300 e. The SMILES string of the molecule is CN(C)C1(c2ccccc2)CCC(/C=C/c2ccc(F)cc2)CC1. The molecule has 2 aromatic carbocycles. The zero-order chi connectivity index (χ0) is 17.0. The lowest BCUT2D eigenvalue weighted by Gasteiger charge is -2.45. The zero-order valence-corrected chi connectivity index (χ0v) is 14.6. The molecule has 0 aromatic heterocycles. The molecule has 126 valence electrons. The van der Waals surface area contributed by atoms with E-state index in [4.69, 9.17) is 0 Å². The lowest BCUT2D eigenvalue weighted by molar-refractivity contribution is 0.0863. The van der Waals surface area contributed by atoms with Crippen LogP contribution in [-0.2, 0) is 5.54 Å². The summed E-state index contributed by atoms with van der Waals surface area (Å²) in [6.07, 6.45) is 9.15. The van der Waals surface area contributed by atoms with Crippen LogP contribution in [0.2, 0.25) is 0 Å². The molecule has 0 atom stereocenters. The van der Waals surface area contributed by atoms with Gasteiger partial charge < -0.3 is 0 Å². The smallest absolute Gasteiger partial charge is 0.123 e. The van der Waals surface area contributed by atoms with E-state index in [1.165, 1.54) is 43.4 Å². The molecule has 2 heteroatoms. The van der Waals surface area contributed by atoms with Gasteiger partial charge >= 0.3 is 0 Å². The van der Waals surface area contributed by atoms with E-state index in [0.717, 1.165) is 5.56 Å². The van der Waals surface area contributed by atoms with E-state index in [0.29, 0.717) is 5.92 Å². The second-order valence-corrected chi connectivity index (χ2v) is 7.04. The van der Waals surface area contributed by atoms with Gasteiger partial charge in [-0.1, -0.05) is 54.6 Å². The Kier molecular flexibility index (Phi) is 5.15. The van der Waals surface area contributed by atoms with Crippen molar-refractivity contribution >= 4 is 6.08 Å². The van der Waals surface area contributed by atoms with Gasteiger partial charge in [-0.3, -0.25) is 4.90 Å². The van der Waals surface area contributed by atoms with Crippen molar-refractivity contribution in [3.05, 3.63) is 77.6 Å². The molecule has 0 saturated heterocycles. The molecule has 0 unspecified atom stereocenters. The standard InChI is InChI=1S/C22H26FN/c1-24(2)22(20-6-4-3-5-7-20)16-14-19(15-17-22)9-8-18-10-12-21(23)13-11-18/h3-13,19H,14-17H2,1-2H3/b9-8+. The molecule has 0 radical (unpaired) electrons. The molecule has 1 nitrogen and oxygen atoms in total. The summed E-state index contributed by atoms with van der Waals surface area (Å²) in [5.74, 6) is 0.426. The third-order valence-electron chi connectivity index (χ3n) is 5.46. The number of allylic oxidation sites excluding steroid dienone is 1. The van der Waals surface area contributed by atoms with Crippen LogP contribution < -0.4 is 0 Å². The van der Waals surface area contributed by atoms with Gasteiger partial charge in [0, 0.05) is 5.54 Å². The summed E-state index contributed by atoms with van der Waals surface area (Å²) < 4.78 is 13.0. The highest BCUT2D eigenvalue weighted by molar-refractivity contribution is 5.49. The van der Waals surface area contributed by atoms with Gasteiger partial charge in [0.1, 0.15) is 5.82 Å². The fraction of sp³-hybridized carbons (Fsp3) is 0.364. The number of hydrogen-bond acceptors (Lipinski definition) is 1. The molecule has 0 spiro atoms. The summed E-state index contributed by atoms with van der Waals surface area (Å²) in [6, 6.07) is 17.6. The minimum absolute atomic E-state index is 0.154. The predicted molar refractivity (Wildman–Crippen MR) is 99.2 cm³/mol. The molecule has 0 heterocycles. The van der Waals surface area contributed by atoms with Crippen molar-refractivity contribution in [1.29, 1.82) is 0 Å². The Morgan fingerprint density at radius 3 is 2.17 bits per heavy atom. The Labute approximate surface area is 144 Å². The van der Waals surface area contributed by atoms with Crippen LogP contribution in [0.25, 0.3) is 6.08 Å². The largest absolute Gasteiger partial charge is 0.300 e. The normalized spacial score (nSPS) is 24.6. The van der Waals surface area contributed by atoms with Gasteiger partial charge in [-0.2, -0.15) is 0 Å².